The van der Waals surface area contributed by atoms with Crippen LogP contribution in [0.3, 0.4) is 0 Å². The lowest BCUT2D eigenvalue weighted by atomic mass is 10.1. The number of nitrogens with zero attached hydrogens (tertiary/aromatic N) is 3. The van der Waals surface area contributed by atoms with Crippen molar-refractivity contribution in [3.8, 4) is 0 Å². The van der Waals surface area contributed by atoms with Crippen LogP contribution < -0.4 is 5.32 Å². The topological polar surface area (TPSA) is 75.2 Å². The fourth-order valence-electron chi connectivity index (χ4n) is 2.11. The predicted molar refractivity (Wildman–Crippen MR) is 73.5 cm³/mol. The molecule has 1 aliphatic rings. The van der Waals surface area contributed by atoms with Crippen LogP contribution >= 0.6 is 0 Å². The SMILES string of the molecule is C=CCN1C[C@@H](C(=O)NCc2cnc(C)cn2)CC1=O. The van der Waals surface area contributed by atoms with Crippen LogP contribution in [-0.4, -0.2) is 39.8 Å². The lowest BCUT2D eigenvalue weighted by molar-refractivity contribution is -0.128. The molecular weight excluding hydrogens is 256 g/mol. The molecule has 20 heavy (non-hydrogen) atoms. The van der Waals surface area contributed by atoms with Gasteiger partial charge in [0.15, 0.2) is 0 Å². The van der Waals surface area contributed by atoms with Gasteiger partial charge in [-0.2, -0.15) is 0 Å². The molecule has 1 atom stereocenters. The number of likely N-dealkylation sites (tertiary alicyclic amines) is 1. The molecule has 1 fully saturated rings. The molecule has 2 heterocycles. The van der Waals surface area contributed by atoms with Gasteiger partial charge in [-0.15, -0.1) is 6.58 Å². The van der Waals surface area contributed by atoms with Crippen LogP contribution in [0.5, 0.6) is 0 Å². The largest absolute Gasteiger partial charge is 0.350 e. The van der Waals surface area contributed by atoms with Crippen LogP contribution in [0, 0.1) is 12.8 Å². The molecule has 0 bridgehead atoms. The van der Waals surface area contributed by atoms with Crippen LogP contribution in [0.25, 0.3) is 0 Å². The Bertz CT molecular complexity index is 512. The highest BCUT2D eigenvalue weighted by molar-refractivity contribution is 5.89. The maximum absolute atomic E-state index is 12.0. The monoisotopic (exact) mass is 274 g/mol. The summed E-state index contributed by atoms with van der Waals surface area (Å²) in [7, 11) is 0. The third-order valence-electron chi connectivity index (χ3n) is 3.21. The molecule has 106 valence electrons. The van der Waals surface area contributed by atoms with Crippen LogP contribution in [0.1, 0.15) is 17.8 Å². The predicted octanol–water partition coefficient (Wildman–Crippen LogP) is 0.436. The number of aromatic nitrogens is 2. The Balaban J connectivity index is 1.85. The van der Waals surface area contributed by atoms with Crippen molar-refractivity contribution in [3.05, 3.63) is 36.4 Å². The normalized spacial score (nSPS) is 18.1. The summed E-state index contributed by atoms with van der Waals surface area (Å²) in [4.78, 5) is 33.6. The molecule has 0 aliphatic carbocycles. The van der Waals surface area contributed by atoms with Crippen molar-refractivity contribution in [2.75, 3.05) is 13.1 Å². The molecule has 1 saturated heterocycles. The van der Waals surface area contributed by atoms with Gasteiger partial charge in [-0.05, 0) is 6.92 Å². The van der Waals surface area contributed by atoms with Crippen molar-refractivity contribution in [1.82, 2.24) is 20.2 Å². The Kier molecular flexibility index (Phi) is 4.45. The number of aryl methyl sites for hydroxylation is 1. The van der Waals surface area contributed by atoms with Crippen LogP contribution in [0.2, 0.25) is 0 Å². The average Bonchev–Trinajstić information content (AvgIpc) is 2.80. The number of amides is 2. The zero-order valence-electron chi connectivity index (χ0n) is 11.5. The molecule has 0 spiro atoms. The molecule has 0 radical (unpaired) electrons. The zero-order valence-corrected chi connectivity index (χ0v) is 11.5. The highest BCUT2D eigenvalue weighted by Gasteiger charge is 2.33. The molecule has 2 rings (SSSR count). The van der Waals surface area contributed by atoms with Crippen molar-refractivity contribution in [3.63, 3.8) is 0 Å². The number of carbonyl (C=O) groups excluding carboxylic acids is 2. The van der Waals surface area contributed by atoms with Gasteiger partial charge in [-0.1, -0.05) is 6.08 Å². The number of carbonyl (C=O) groups is 2. The van der Waals surface area contributed by atoms with E-state index in [0.717, 1.165) is 5.69 Å². The minimum Gasteiger partial charge on any atom is -0.350 e. The fraction of sp³-hybridized carbons (Fsp3) is 0.429. The molecule has 2 amide bonds. The summed E-state index contributed by atoms with van der Waals surface area (Å²) in [5.41, 5.74) is 1.54. The number of rotatable bonds is 5. The molecule has 1 N–H and O–H groups in total. The van der Waals surface area contributed by atoms with E-state index in [9.17, 15) is 9.59 Å². The first-order valence-corrected chi connectivity index (χ1v) is 6.54. The van der Waals surface area contributed by atoms with E-state index in [1.54, 1.807) is 23.4 Å². The molecule has 1 aromatic heterocycles. The zero-order chi connectivity index (χ0) is 14.5. The molecule has 0 unspecified atom stereocenters. The Morgan fingerprint density at radius 2 is 2.35 bits per heavy atom. The molecule has 0 aromatic carbocycles. The summed E-state index contributed by atoms with van der Waals surface area (Å²) in [6.07, 6.45) is 5.23. The number of hydrogen-bond donors (Lipinski definition) is 1. The molecule has 1 aliphatic heterocycles. The summed E-state index contributed by atoms with van der Waals surface area (Å²) in [5.74, 6) is -0.409. The van der Waals surface area contributed by atoms with Gasteiger partial charge in [-0.25, -0.2) is 0 Å². The van der Waals surface area contributed by atoms with E-state index in [1.165, 1.54) is 0 Å². The smallest absolute Gasteiger partial charge is 0.225 e. The summed E-state index contributed by atoms with van der Waals surface area (Å²) >= 11 is 0. The highest BCUT2D eigenvalue weighted by Crippen LogP contribution is 2.17. The van der Waals surface area contributed by atoms with E-state index < -0.39 is 0 Å². The van der Waals surface area contributed by atoms with Gasteiger partial charge in [0.1, 0.15) is 0 Å². The van der Waals surface area contributed by atoms with E-state index >= 15 is 0 Å². The molecule has 6 nitrogen and oxygen atoms in total. The van der Waals surface area contributed by atoms with Gasteiger partial charge in [0.05, 0.1) is 30.0 Å². The maximum atomic E-state index is 12.0. The minimum absolute atomic E-state index is 0.000164. The Morgan fingerprint density at radius 1 is 1.55 bits per heavy atom. The number of hydrogen-bond acceptors (Lipinski definition) is 4. The summed E-state index contributed by atoms with van der Waals surface area (Å²) in [6, 6.07) is 0. The Labute approximate surface area is 117 Å². The molecule has 1 aromatic rings. The summed E-state index contributed by atoms with van der Waals surface area (Å²) in [5, 5.41) is 2.80. The van der Waals surface area contributed by atoms with E-state index in [1.807, 2.05) is 6.92 Å². The first-order valence-electron chi connectivity index (χ1n) is 6.54. The van der Waals surface area contributed by atoms with Crippen LogP contribution in [-0.2, 0) is 16.1 Å². The first-order chi connectivity index (χ1) is 9.60. The van der Waals surface area contributed by atoms with Gasteiger partial charge < -0.3 is 10.2 Å². The summed E-state index contributed by atoms with van der Waals surface area (Å²) in [6.45, 7) is 6.74. The van der Waals surface area contributed by atoms with Gasteiger partial charge >= 0.3 is 0 Å². The fourth-order valence-corrected chi connectivity index (χ4v) is 2.11. The second-order valence-corrected chi connectivity index (χ2v) is 4.86. The molecule has 6 heteroatoms. The van der Waals surface area contributed by atoms with Crippen LogP contribution in [0.15, 0.2) is 25.0 Å². The quantitative estimate of drug-likeness (QED) is 0.790. The summed E-state index contributed by atoms with van der Waals surface area (Å²) < 4.78 is 0. The standard InChI is InChI=1S/C14H18N4O2/c1-3-4-18-9-11(5-13(18)19)14(20)17-8-12-7-15-10(2)6-16-12/h3,6-7,11H,1,4-5,8-9H2,2H3,(H,17,20)/t11-/m0/s1. The Morgan fingerprint density at radius 3 is 3.00 bits per heavy atom. The average molecular weight is 274 g/mol. The van der Waals surface area contributed by atoms with E-state index in [0.29, 0.717) is 25.3 Å². The van der Waals surface area contributed by atoms with E-state index in [-0.39, 0.29) is 24.2 Å². The van der Waals surface area contributed by atoms with Gasteiger partial charge in [-0.3, -0.25) is 19.6 Å². The highest BCUT2D eigenvalue weighted by atomic mass is 16.2. The van der Waals surface area contributed by atoms with Gasteiger partial charge in [0, 0.05) is 25.7 Å². The molecule has 0 saturated carbocycles. The van der Waals surface area contributed by atoms with Crippen LogP contribution in [0.4, 0.5) is 0 Å². The maximum Gasteiger partial charge on any atom is 0.225 e. The second kappa shape index (κ2) is 6.27. The van der Waals surface area contributed by atoms with Crippen molar-refractivity contribution >= 4 is 11.8 Å². The lowest BCUT2D eigenvalue weighted by Gasteiger charge is -2.13. The molecular formula is C14H18N4O2. The van der Waals surface area contributed by atoms with Crippen molar-refractivity contribution in [2.45, 2.75) is 19.9 Å². The lowest BCUT2D eigenvalue weighted by Crippen LogP contribution is -2.32. The minimum atomic E-state index is -0.291. The van der Waals surface area contributed by atoms with E-state index in [4.69, 9.17) is 0 Å². The van der Waals surface area contributed by atoms with Gasteiger partial charge in [0.2, 0.25) is 11.8 Å². The van der Waals surface area contributed by atoms with Crippen molar-refractivity contribution in [1.29, 1.82) is 0 Å². The first kappa shape index (κ1) is 14.2. The van der Waals surface area contributed by atoms with Crippen molar-refractivity contribution in [2.24, 2.45) is 5.92 Å². The Hall–Kier alpha value is -2.24. The number of nitrogens with one attached hydrogen (secondary N) is 1. The van der Waals surface area contributed by atoms with Crippen molar-refractivity contribution < 1.29 is 9.59 Å². The second-order valence-electron chi connectivity index (χ2n) is 4.86. The van der Waals surface area contributed by atoms with E-state index in [2.05, 4.69) is 21.9 Å². The third-order valence-corrected chi connectivity index (χ3v) is 3.21. The van der Waals surface area contributed by atoms with Gasteiger partial charge in [0.25, 0.3) is 0 Å². The third kappa shape index (κ3) is 3.40.